The molecular weight excluding hydrogens is 414 g/mol. The van der Waals surface area contributed by atoms with E-state index in [0.717, 1.165) is 44.3 Å². The Kier molecular flexibility index (Phi) is 4.77. The summed E-state index contributed by atoms with van der Waals surface area (Å²) in [5, 5.41) is 5.71. The van der Waals surface area contributed by atoms with Crippen molar-refractivity contribution in [1.29, 1.82) is 0 Å². The Hall–Kier alpha value is -2.92. The van der Waals surface area contributed by atoms with Crippen molar-refractivity contribution in [2.24, 2.45) is 0 Å². The quantitative estimate of drug-likeness (QED) is 0.439. The monoisotopic (exact) mass is 433 g/mol. The summed E-state index contributed by atoms with van der Waals surface area (Å²) in [4.78, 5) is 4.91. The van der Waals surface area contributed by atoms with Crippen LogP contribution in [0.2, 0.25) is 0 Å². The molecule has 0 aliphatic carbocycles. The number of ether oxygens (including phenoxy) is 1. The van der Waals surface area contributed by atoms with Crippen LogP contribution in [0.4, 0.5) is 0 Å². The van der Waals surface area contributed by atoms with E-state index in [1.54, 1.807) is 0 Å². The van der Waals surface area contributed by atoms with E-state index >= 15 is 0 Å². The second kappa shape index (κ2) is 7.24. The van der Waals surface area contributed by atoms with Gasteiger partial charge in [0, 0.05) is 29.0 Å². The standard InChI is InChI=1S/C23H19N3O.BrH/c1-15-12-22-23-20(10-11-26(22)25-16(15)2)19-9-8-18(13-21(19)24-23)27-14-17-6-4-3-5-7-17;/h3-13H,14H2,1-2H3;1H. The van der Waals surface area contributed by atoms with E-state index in [-0.39, 0.29) is 17.0 Å². The minimum atomic E-state index is 0. The molecule has 0 bridgehead atoms. The van der Waals surface area contributed by atoms with Crippen LogP contribution in [0, 0.1) is 13.8 Å². The van der Waals surface area contributed by atoms with Crippen LogP contribution in [0.5, 0.6) is 5.75 Å². The van der Waals surface area contributed by atoms with Crippen molar-refractivity contribution in [2.75, 3.05) is 0 Å². The number of benzene rings is 2. The summed E-state index contributed by atoms with van der Waals surface area (Å²) in [5.41, 5.74) is 6.58. The number of nitrogens with one attached hydrogen (secondary N) is 1. The average Bonchev–Trinajstić information content (AvgIpc) is 3.06. The third kappa shape index (κ3) is 3.12. The van der Waals surface area contributed by atoms with Gasteiger partial charge in [0.25, 0.3) is 5.52 Å². The van der Waals surface area contributed by atoms with Gasteiger partial charge in [0.05, 0.1) is 11.2 Å². The largest absolute Gasteiger partial charge is 1.00 e. The summed E-state index contributed by atoms with van der Waals surface area (Å²) in [6.45, 7) is 4.75. The van der Waals surface area contributed by atoms with Gasteiger partial charge in [-0.15, -0.1) is 0 Å². The van der Waals surface area contributed by atoms with Gasteiger partial charge in [-0.25, -0.2) is 4.98 Å². The van der Waals surface area contributed by atoms with Crippen molar-refractivity contribution in [3.8, 4) is 5.75 Å². The van der Waals surface area contributed by atoms with Gasteiger partial charge in [0.1, 0.15) is 17.9 Å². The number of aromatic amines is 1. The smallest absolute Gasteiger partial charge is 0.261 e. The normalized spacial score (nSPS) is 11.1. The first-order valence-electron chi connectivity index (χ1n) is 9.10. The molecule has 2 aromatic carbocycles. The SMILES string of the molecule is Cc1cc2c3nc4cc(OCc5ccccc5)ccc4c3cc[n+]2[nH]c1C.[Br-]. The molecular formula is C23H20BrN3O. The molecule has 0 aliphatic heterocycles. The second-order valence-electron chi connectivity index (χ2n) is 6.96. The molecule has 0 unspecified atom stereocenters. The number of H-pyrrole nitrogens is 1. The maximum absolute atomic E-state index is 5.97. The Morgan fingerprint density at radius 1 is 0.964 bits per heavy atom. The number of halogens is 1. The number of aryl methyl sites for hydroxylation is 2. The number of pyridine rings is 1. The fourth-order valence-corrected chi connectivity index (χ4v) is 3.50. The average molecular weight is 434 g/mol. The van der Waals surface area contributed by atoms with Gasteiger partial charge in [-0.2, -0.15) is 5.10 Å². The number of hydrogen-bond donors (Lipinski definition) is 1. The highest BCUT2D eigenvalue weighted by Crippen LogP contribution is 2.30. The Balaban J connectivity index is 0.00000192. The second-order valence-corrected chi connectivity index (χ2v) is 6.96. The van der Waals surface area contributed by atoms with Crippen LogP contribution in [0.25, 0.3) is 27.3 Å². The molecule has 5 aromatic rings. The maximum atomic E-state index is 5.97. The lowest BCUT2D eigenvalue weighted by atomic mass is 10.1. The predicted octanol–water partition coefficient (Wildman–Crippen LogP) is 1.65. The van der Waals surface area contributed by atoms with Crippen molar-refractivity contribution in [1.82, 2.24) is 10.1 Å². The van der Waals surface area contributed by atoms with Crippen LogP contribution < -0.4 is 26.2 Å². The molecule has 0 amide bonds. The number of aromatic nitrogens is 3. The summed E-state index contributed by atoms with van der Waals surface area (Å²) in [6.07, 6.45) is 2.06. The highest BCUT2D eigenvalue weighted by molar-refractivity contribution is 6.11. The molecule has 0 saturated carbocycles. The Labute approximate surface area is 173 Å². The third-order valence-electron chi connectivity index (χ3n) is 5.12. The number of hydrogen-bond acceptors (Lipinski definition) is 2. The van der Waals surface area contributed by atoms with E-state index in [2.05, 4.69) is 55.5 Å². The van der Waals surface area contributed by atoms with Crippen LogP contribution >= 0.6 is 0 Å². The Bertz CT molecular complexity index is 1300. The van der Waals surface area contributed by atoms with Crippen molar-refractivity contribution in [3.63, 3.8) is 0 Å². The summed E-state index contributed by atoms with van der Waals surface area (Å²) >= 11 is 0. The maximum Gasteiger partial charge on any atom is 0.261 e. The van der Waals surface area contributed by atoms with Gasteiger partial charge >= 0.3 is 0 Å². The van der Waals surface area contributed by atoms with Crippen LogP contribution in [-0.4, -0.2) is 10.1 Å². The zero-order valence-corrected chi connectivity index (χ0v) is 17.3. The molecule has 0 fully saturated rings. The zero-order valence-electron chi connectivity index (χ0n) is 15.7. The first-order valence-corrected chi connectivity index (χ1v) is 9.10. The predicted molar refractivity (Wildman–Crippen MR) is 107 cm³/mol. The molecule has 0 radical (unpaired) electrons. The van der Waals surface area contributed by atoms with E-state index in [1.807, 2.05) is 34.8 Å². The van der Waals surface area contributed by atoms with E-state index < -0.39 is 0 Å². The fourth-order valence-electron chi connectivity index (χ4n) is 3.50. The molecule has 1 N–H and O–H groups in total. The lowest BCUT2D eigenvalue weighted by Crippen LogP contribution is -3.00. The van der Waals surface area contributed by atoms with Crippen LogP contribution in [-0.2, 0) is 6.61 Å². The van der Waals surface area contributed by atoms with E-state index in [1.165, 1.54) is 5.56 Å². The first-order chi connectivity index (χ1) is 13.2. The van der Waals surface area contributed by atoms with E-state index in [4.69, 9.17) is 9.72 Å². The molecule has 3 heterocycles. The lowest BCUT2D eigenvalue weighted by Gasteiger charge is -2.06. The molecule has 28 heavy (non-hydrogen) atoms. The van der Waals surface area contributed by atoms with Crippen molar-refractivity contribution >= 4 is 27.3 Å². The van der Waals surface area contributed by atoms with Crippen LogP contribution in [0.15, 0.2) is 66.9 Å². The molecule has 3 aromatic heterocycles. The summed E-state index contributed by atoms with van der Waals surface area (Å²) in [6, 6.07) is 20.7. The van der Waals surface area contributed by atoms with Gasteiger partial charge in [0.2, 0.25) is 6.20 Å². The van der Waals surface area contributed by atoms with Gasteiger partial charge in [0.15, 0.2) is 0 Å². The van der Waals surface area contributed by atoms with Gasteiger partial charge in [-0.1, -0.05) is 34.8 Å². The molecule has 4 nitrogen and oxygen atoms in total. The van der Waals surface area contributed by atoms with Crippen LogP contribution in [0.1, 0.15) is 16.8 Å². The fraction of sp³-hybridized carbons (Fsp3) is 0.130. The van der Waals surface area contributed by atoms with Gasteiger partial charge in [-0.05, 0) is 37.1 Å². The van der Waals surface area contributed by atoms with Gasteiger partial charge < -0.3 is 21.7 Å². The Morgan fingerprint density at radius 3 is 2.61 bits per heavy atom. The summed E-state index contributed by atoms with van der Waals surface area (Å²) in [5.74, 6) is 0.838. The molecule has 5 heteroatoms. The van der Waals surface area contributed by atoms with Crippen molar-refractivity contribution in [3.05, 3.63) is 83.7 Å². The number of rotatable bonds is 3. The first kappa shape index (κ1) is 18.4. The zero-order chi connectivity index (χ0) is 18.4. The van der Waals surface area contributed by atoms with E-state index in [9.17, 15) is 0 Å². The topological polar surface area (TPSA) is 42.0 Å². The molecule has 0 aliphatic rings. The minimum Gasteiger partial charge on any atom is -1.00 e. The third-order valence-corrected chi connectivity index (χ3v) is 5.12. The van der Waals surface area contributed by atoms with Crippen molar-refractivity contribution in [2.45, 2.75) is 20.5 Å². The highest BCUT2D eigenvalue weighted by Gasteiger charge is 2.16. The molecule has 0 atom stereocenters. The molecule has 5 rings (SSSR count). The lowest BCUT2D eigenvalue weighted by molar-refractivity contribution is -0.580. The Morgan fingerprint density at radius 2 is 1.79 bits per heavy atom. The number of fused-ring (bicyclic) bond motifs is 5. The molecule has 0 saturated heterocycles. The molecule has 140 valence electrons. The number of nitrogens with zero attached hydrogens (tertiary/aromatic N) is 2. The van der Waals surface area contributed by atoms with E-state index in [0.29, 0.717) is 6.61 Å². The molecule has 0 spiro atoms. The van der Waals surface area contributed by atoms with Crippen molar-refractivity contribution < 1.29 is 26.2 Å². The van der Waals surface area contributed by atoms with Gasteiger partial charge in [-0.3, -0.25) is 0 Å². The summed E-state index contributed by atoms with van der Waals surface area (Å²) in [7, 11) is 0. The minimum absolute atomic E-state index is 0. The van der Waals surface area contributed by atoms with Crippen LogP contribution in [0.3, 0.4) is 0 Å². The highest BCUT2D eigenvalue weighted by atomic mass is 79.9. The summed E-state index contributed by atoms with van der Waals surface area (Å²) < 4.78 is 8.00.